The van der Waals surface area contributed by atoms with Gasteiger partial charge in [0.2, 0.25) is 5.91 Å². The van der Waals surface area contributed by atoms with Crippen molar-refractivity contribution in [1.82, 2.24) is 5.32 Å². The van der Waals surface area contributed by atoms with Gasteiger partial charge < -0.3 is 19.2 Å². The maximum atomic E-state index is 12.8. The molecule has 1 atom stereocenters. The number of benzene rings is 3. The minimum absolute atomic E-state index is 0.0956. The third-order valence-electron chi connectivity index (χ3n) is 5.88. The Bertz CT molecular complexity index is 1320. The zero-order valence-corrected chi connectivity index (χ0v) is 20.6. The van der Waals surface area contributed by atoms with Gasteiger partial charge in [0.1, 0.15) is 17.1 Å². The van der Waals surface area contributed by atoms with Gasteiger partial charge >= 0.3 is 0 Å². The van der Waals surface area contributed by atoms with Gasteiger partial charge in [0.15, 0.2) is 0 Å². The molecule has 4 aromatic rings. The fourth-order valence-electron chi connectivity index (χ4n) is 4.11. The predicted molar refractivity (Wildman–Crippen MR) is 141 cm³/mol. The Morgan fingerprint density at radius 2 is 1.71 bits per heavy atom. The van der Waals surface area contributed by atoms with Crippen molar-refractivity contribution in [2.24, 2.45) is 0 Å². The van der Waals surface area contributed by atoms with Crippen LogP contribution in [-0.4, -0.2) is 19.1 Å². The first-order valence-corrected chi connectivity index (χ1v) is 12.0. The van der Waals surface area contributed by atoms with E-state index in [1.165, 1.54) is 0 Å². The van der Waals surface area contributed by atoms with Crippen LogP contribution in [0.5, 0.6) is 11.5 Å². The smallest absolute Gasteiger partial charge is 0.244 e. The summed E-state index contributed by atoms with van der Waals surface area (Å²) in [6, 6.07) is 21.7. The largest absolute Gasteiger partial charge is 0.494 e. The molecular formula is C30H31NO4. The van der Waals surface area contributed by atoms with Gasteiger partial charge in [0.25, 0.3) is 0 Å². The number of nitrogens with one attached hydrogen (secondary N) is 1. The first-order chi connectivity index (χ1) is 17.0. The van der Waals surface area contributed by atoms with E-state index in [-0.39, 0.29) is 11.9 Å². The van der Waals surface area contributed by atoms with Crippen LogP contribution in [0, 0.1) is 0 Å². The lowest BCUT2D eigenvalue weighted by Gasteiger charge is -2.14. The van der Waals surface area contributed by atoms with Crippen molar-refractivity contribution in [3.63, 3.8) is 0 Å². The molecule has 0 fully saturated rings. The van der Waals surface area contributed by atoms with Crippen LogP contribution in [0.15, 0.2) is 83.5 Å². The highest BCUT2D eigenvalue weighted by Gasteiger charge is 2.16. The molecule has 35 heavy (non-hydrogen) atoms. The van der Waals surface area contributed by atoms with Crippen molar-refractivity contribution in [1.29, 1.82) is 0 Å². The molecule has 0 aliphatic carbocycles. The SMILES string of the molecule is CCOc1ccc(-c2coc3cc(OCC)c(/C(C)=C/C(=O)NC(C)c4ccccc4)cc23)cc1. The van der Waals surface area contributed by atoms with E-state index in [1.807, 2.05) is 94.4 Å². The van der Waals surface area contributed by atoms with Crippen molar-refractivity contribution in [2.45, 2.75) is 33.7 Å². The lowest BCUT2D eigenvalue weighted by Crippen LogP contribution is -2.24. The normalized spacial score (nSPS) is 12.4. The molecule has 0 bridgehead atoms. The number of rotatable bonds is 9. The third-order valence-corrected chi connectivity index (χ3v) is 5.88. The fraction of sp³-hybridized carbons (Fsp3) is 0.233. The second-order valence-electron chi connectivity index (χ2n) is 8.35. The molecule has 1 N–H and O–H groups in total. The predicted octanol–water partition coefficient (Wildman–Crippen LogP) is 7.18. The summed E-state index contributed by atoms with van der Waals surface area (Å²) in [6.45, 7) is 8.94. The number of amides is 1. The zero-order valence-electron chi connectivity index (χ0n) is 20.6. The number of fused-ring (bicyclic) bond motifs is 1. The van der Waals surface area contributed by atoms with E-state index >= 15 is 0 Å². The topological polar surface area (TPSA) is 60.7 Å². The number of ether oxygens (including phenoxy) is 2. The molecule has 180 valence electrons. The quantitative estimate of drug-likeness (QED) is 0.264. The average Bonchev–Trinajstić information content (AvgIpc) is 3.27. The molecule has 1 unspecified atom stereocenters. The van der Waals surface area contributed by atoms with Crippen LogP contribution in [-0.2, 0) is 4.79 Å². The van der Waals surface area contributed by atoms with Crippen LogP contribution < -0.4 is 14.8 Å². The van der Waals surface area contributed by atoms with Gasteiger partial charge in [-0.2, -0.15) is 0 Å². The summed E-state index contributed by atoms with van der Waals surface area (Å²) in [4.78, 5) is 12.8. The molecule has 0 aliphatic rings. The van der Waals surface area contributed by atoms with E-state index in [2.05, 4.69) is 5.32 Å². The van der Waals surface area contributed by atoms with E-state index in [0.717, 1.165) is 44.5 Å². The van der Waals surface area contributed by atoms with Gasteiger partial charge in [-0.15, -0.1) is 0 Å². The van der Waals surface area contributed by atoms with Crippen LogP contribution >= 0.6 is 0 Å². The molecule has 0 saturated heterocycles. The first kappa shape index (κ1) is 24.1. The zero-order chi connectivity index (χ0) is 24.8. The van der Waals surface area contributed by atoms with Gasteiger partial charge in [-0.05, 0) is 62.6 Å². The summed E-state index contributed by atoms with van der Waals surface area (Å²) in [6.07, 6.45) is 3.38. The maximum Gasteiger partial charge on any atom is 0.244 e. The Balaban J connectivity index is 1.66. The Kier molecular flexibility index (Phi) is 7.56. The van der Waals surface area contributed by atoms with Crippen molar-refractivity contribution >= 4 is 22.4 Å². The first-order valence-electron chi connectivity index (χ1n) is 12.0. The molecule has 3 aromatic carbocycles. The number of hydrogen-bond donors (Lipinski definition) is 1. The van der Waals surface area contributed by atoms with Gasteiger partial charge in [-0.25, -0.2) is 0 Å². The second-order valence-corrected chi connectivity index (χ2v) is 8.35. The van der Waals surface area contributed by atoms with Crippen LogP contribution in [0.4, 0.5) is 0 Å². The van der Waals surface area contributed by atoms with Crippen molar-refractivity contribution in [3.05, 3.63) is 90.2 Å². The molecule has 5 nitrogen and oxygen atoms in total. The van der Waals surface area contributed by atoms with Gasteiger partial charge in [-0.1, -0.05) is 42.5 Å². The molecular weight excluding hydrogens is 438 g/mol. The van der Waals surface area contributed by atoms with Crippen molar-refractivity contribution < 1.29 is 18.7 Å². The van der Waals surface area contributed by atoms with E-state index in [1.54, 1.807) is 12.3 Å². The average molecular weight is 470 g/mol. The monoisotopic (exact) mass is 469 g/mol. The lowest BCUT2D eigenvalue weighted by atomic mass is 9.99. The summed E-state index contributed by atoms with van der Waals surface area (Å²) < 4.78 is 17.3. The summed E-state index contributed by atoms with van der Waals surface area (Å²) >= 11 is 0. The molecule has 4 rings (SSSR count). The second kappa shape index (κ2) is 11.0. The van der Waals surface area contributed by atoms with Crippen molar-refractivity contribution in [3.8, 4) is 22.6 Å². The van der Waals surface area contributed by atoms with Crippen LogP contribution in [0.1, 0.15) is 44.9 Å². The number of carbonyl (C=O) groups excluding carboxylic acids is 1. The van der Waals surface area contributed by atoms with Crippen LogP contribution in [0.25, 0.3) is 27.7 Å². The Hall–Kier alpha value is -3.99. The Morgan fingerprint density at radius 1 is 1.00 bits per heavy atom. The molecule has 5 heteroatoms. The molecule has 1 heterocycles. The van der Waals surface area contributed by atoms with Gasteiger partial charge in [-0.3, -0.25) is 4.79 Å². The Labute approximate surface area is 206 Å². The van der Waals surface area contributed by atoms with Gasteiger partial charge in [0, 0.05) is 28.7 Å². The Morgan fingerprint density at radius 3 is 2.40 bits per heavy atom. The highest BCUT2D eigenvalue weighted by atomic mass is 16.5. The number of carbonyl (C=O) groups is 1. The summed E-state index contributed by atoms with van der Waals surface area (Å²) in [7, 11) is 0. The number of allylic oxidation sites excluding steroid dienone is 1. The van der Waals surface area contributed by atoms with E-state index < -0.39 is 0 Å². The number of furan rings is 1. The van der Waals surface area contributed by atoms with Crippen molar-refractivity contribution in [2.75, 3.05) is 13.2 Å². The van der Waals surface area contributed by atoms with Crippen LogP contribution in [0.2, 0.25) is 0 Å². The third kappa shape index (κ3) is 5.57. The molecule has 1 amide bonds. The summed E-state index contributed by atoms with van der Waals surface area (Å²) in [5.74, 6) is 1.36. The summed E-state index contributed by atoms with van der Waals surface area (Å²) in [5, 5.41) is 4.00. The highest BCUT2D eigenvalue weighted by Crippen LogP contribution is 2.38. The summed E-state index contributed by atoms with van der Waals surface area (Å²) in [5.41, 5.74) is 5.46. The molecule has 0 radical (unpaired) electrons. The van der Waals surface area contributed by atoms with Crippen LogP contribution in [0.3, 0.4) is 0 Å². The molecule has 1 aromatic heterocycles. The lowest BCUT2D eigenvalue weighted by molar-refractivity contribution is -0.117. The minimum atomic E-state index is -0.152. The van der Waals surface area contributed by atoms with E-state index in [4.69, 9.17) is 13.9 Å². The molecule has 0 spiro atoms. The maximum absolute atomic E-state index is 12.8. The standard InChI is InChI=1S/C30H31NO4/c1-5-33-24-14-12-23(13-15-24)27-19-35-29-18-28(34-6-2)25(17-26(27)29)20(3)16-30(32)31-21(4)22-10-8-7-9-11-22/h7-19,21H,5-6H2,1-4H3,(H,31,32)/b20-16+. The fourth-order valence-corrected chi connectivity index (χ4v) is 4.11. The van der Waals surface area contributed by atoms with E-state index in [0.29, 0.717) is 19.0 Å². The molecule has 0 aliphatic heterocycles. The van der Waals surface area contributed by atoms with E-state index in [9.17, 15) is 4.79 Å². The number of hydrogen-bond acceptors (Lipinski definition) is 4. The highest BCUT2D eigenvalue weighted by molar-refractivity contribution is 6.00. The molecule has 0 saturated carbocycles. The van der Waals surface area contributed by atoms with Gasteiger partial charge in [0.05, 0.1) is 25.5 Å². The minimum Gasteiger partial charge on any atom is -0.494 e.